The van der Waals surface area contributed by atoms with Gasteiger partial charge < -0.3 is 14.3 Å². The van der Waals surface area contributed by atoms with Crippen molar-refractivity contribution in [3.05, 3.63) is 0 Å². The molecule has 0 saturated heterocycles. The third kappa shape index (κ3) is 6.01. The Hall–Kier alpha value is 0.0969. The minimum Gasteiger partial charge on any atom is -0.396 e. The molecule has 0 aromatic carbocycles. The summed E-state index contributed by atoms with van der Waals surface area (Å²) in [5.74, 6) is 1.00. The number of hydrogen-bond donors (Lipinski definition) is 1. The maximum Gasteiger partial charge on any atom is 0.170 e. The normalized spacial score (nSPS) is 29.6. The Kier molecular flexibility index (Phi) is 9.19. The Labute approximate surface area is 202 Å². The van der Waals surface area contributed by atoms with E-state index in [1.807, 2.05) is 0 Å². The molecule has 0 heterocycles. The van der Waals surface area contributed by atoms with Gasteiger partial charge in [-0.25, -0.2) is 0 Å². The van der Waals surface area contributed by atoms with Crippen molar-refractivity contribution in [1.82, 2.24) is 0 Å². The van der Waals surface area contributed by atoms with Gasteiger partial charge in [-0.1, -0.05) is 82.1 Å². The van der Waals surface area contributed by atoms with Crippen LogP contribution in [0.15, 0.2) is 0 Å². The molecule has 2 aliphatic carbocycles. The lowest BCUT2D eigenvalue weighted by Crippen LogP contribution is -2.61. The van der Waals surface area contributed by atoms with Crippen LogP contribution in [0.5, 0.6) is 0 Å². The minimum atomic E-state index is -0.847. The third-order valence-corrected chi connectivity index (χ3v) is 10.3. The van der Waals surface area contributed by atoms with Gasteiger partial charge in [0.05, 0.1) is 12.2 Å². The van der Waals surface area contributed by atoms with Crippen molar-refractivity contribution in [2.24, 2.45) is 28.6 Å². The molecule has 4 unspecified atom stereocenters. The molecule has 190 valence electrons. The van der Waals surface area contributed by atoms with Crippen LogP contribution in [0.2, 0.25) is 5.04 Å². The molecule has 2 rings (SSSR count). The van der Waals surface area contributed by atoms with E-state index >= 15 is 0 Å². The Morgan fingerprint density at radius 3 is 2.16 bits per heavy atom. The van der Waals surface area contributed by atoms with E-state index in [0.29, 0.717) is 11.8 Å². The molecular formula is C28H56O3Si. The highest BCUT2D eigenvalue weighted by atomic mass is 28.2. The first-order chi connectivity index (χ1) is 14.6. The Balaban J connectivity index is 2.60. The second-order valence-electron chi connectivity index (χ2n) is 13.8. The largest absolute Gasteiger partial charge is 0.396 e. The van der Waals surface area contributed by atoms with Crippen molar-refractivity contribution in [3.63, 3.8) is 0 Å². The summed E-state index contributed by atoms with van der Waals surface area (Å²) in [5, 5.41) is 11.7. The van der Waals surface area contributed by atoms with E-state index in [9.17, 15) is 5.11 Å². The molecule has 1 N–H and O–H groups in total. The number of hydrogen-bond acceptors (Lipinski definition) is 3. The molecule has 4 atom stereocenters. The minimum absolute atomic E-state index is 0.194. The highest BCUT2D eigenvalue weighted by Gasteiger charge is 2.63. The van der Waals surface area contributed by atoms with Crippen LogP contribution < -0.4 is 0 Å². The molecule has 2 aliphatic rings. The topological polar surface area (TPSA) is 38.7 Å². The van der Waals surface area contributed by atoms with Crippen molar-refractivity contribution in [2.45, 2.75) is 143 Å². The number of fused-ring (bicyclic) bond motifs is 1. The van der Waals surface area contributed by atoms with E-state index in [1.54, 1.807) is 0 Å². The van der Waals surface area contributed by atoms with Gasteiger partial charge in [0.1, 0.15) is 0 Å². The highest BCUT2D eigenvalue weighted by Crippen LogP contribution is 2.63. The predicted octanol–water partition coefficient (Wildman–Crippen LogP) is 7.25. The van der Waals surface area contributed by atoms with Crippen molar-refractivity contribution in [1.29, 1.82) is 0 Å². The fourth-order valence-electron chi connectivity index (χ4n) is 6.85. The van der Waals surface area contributed by atoms with Crippen molar-refractivity contribution >= 4 is 9.76 Å². The molecule has 0 aliphatic heterocycles. The van der Waals surface area contributed by atoms with Gasteiger partial charge in [0.2, 0.25) is 0 Å². The Bertz CT molecular complexity index is 592. The monoisotopic (exact) mass is 468 g/mol. The zero-order chi connectivity index (χ0) is 24.4. The van der Waals surface area contributed by atoms with Crippen LogP contribution in [0.25, 0.3) is 0 Å². The van der Waals surface area contributed by atoms with Crippen LogP contribution in [-0.4, -0.2) is 32.9 Å². The SMILES string of the molecule is CCC(O)(CC)CC(C)(C)C(OCC(C)C)(O[SiH2]C(C)(C)C)C1CCC2CCCCC21C. The van der Waals surface area contributed by atoms with E-state index in [4.69, 9.17) is 9.16 Å². The molecule has 0 amide bonds. The van der Waals surface area contributed by atoms with Crippen LogP contribution >= 0.6 is 0 Å². The van der Waals surface area contributed by atoms with E-state index in [0.717, 1.165) is 31.8 Å². The van der Waals surface area contributed by atoms with Crippen molar-refractivity contribution < 1.29 is 14.3 Å². The number of rotatable bonds is 11. The molecule has 0 aromatic heterocycles. The summed E-state index contributed by atoms with van der Waals surface area (Å²) in [6, 6.07) is 0. The Morgan fingerprint density at radius 1 is 1.00 bits per heavy atom. The summed E-state index contributed by atoms with van der Waals surface area (Å²) in [5.41, 5.74) is -0.676. The second kappa shape index (κ2) is 10.4. The van der Waals surface area contributed by atoms with Crippen molar-refractivity contribution in [3.8, 4) is 0 Å². The number of aliphatic hydroxyl groups is 1. The molecule has 3 nitrogen and oxygen atoms in total. The van der Waals surface area contributed by atoms with E-state index in [1.165, 1.54) is 38.5 Å². The standard InChI is InChI=1S/C28H56O3Si/c1-11-27(29,12-2)20-25(8,9)28(30-19-21(3)4,31-32-24(5,6)7)23-17-16-22-15-13-14-18-26(22,23)10/h21-23,29H,11-20,32H2,1-10H3. The smallest absolute Gasteiger partial charge is 0.170 e. The lowest BCUT2D eigenvalue weighted by Gasteiger charge is -2.57. The molecule has 4 heteroatoms. The summed E-state index contributed by atoms with van der Waals surface area (Å²) in [7, 11) is -0.847. The highest BCUT2D eigenvalue weighted by molar-refractivity contribution is 6.31. The maximum atomic E-state index is 11.5. The van der Waals surface area contributed by atoms with Gasteiger partial charge in [0, 0.05) is 11.3 Å². The molecule has 0 aromatic rings. The third-order valence-electron chi connectivity index (χ3n) is 8.89. The second-order valence-corrected chi connectivity index (χ2v) is 16.5. The van der Waals surface area contributed by atoms with E-state index in [2.05, 4.69) is 69.2 Å². The molecule has 0 radical (unpaired) electrons. The Morgan fingerprint density at radius 2 is 1.62 bits per heavy atom. The lowest BCUT2D eigenvalue weighted by atomic mass is 9.58. The summed E-state index contributed by atoms with van der Waals surface area (Å²) in [6.07, 6.45) is 10.1. The van der Waals surface area contributed by atoms with Gasteiger partial charge in [-0.3, -0.25) is 0 Å². The first-order valence-electron chi connectivity index (χ1n) is 13.6. The van der Waals surface area contributed by atoms with Crippen LogP contribution in [0.4, 0.5) is 0 Å². The van der Waals surface area contributed by atoms with Crippen LogP contribution in [0.3, 0.4) is 0 Å². The zero-order valence-corrected chi connectivity index (χ0v) is 24.7. The average Bonchev–Trinajstić information content (AvgIpc) is 3.04. The molecule has 2 saturated carbocycles. The summed E-state index contributed by atoms with van der Waals surface area (Å²) in [4.78, 5) is 0. The van der Waals surface area contributed by atoms with Gasteiger partial charge in [-0.05, 0) is 67.2 Å². The van der Waals surface area contributed by atoms with E-state index < -0.39 is 21.2 Å². The van der Waals surface area contributed by atoms with Crippen LogP contribution in [0, 0.1) is 28.6 Å². The van der Waals surface area contributed by atoms with Crippen LogP contribution in [-0.2, 0) is 9.16 Å². The van der Waals surface area contributed by atoms with Crippen LogP contribution in [0.1, 0.15) is 127 Å². The zero-order valence-electron chi connectivity index (χ0n) is 23.3. The van der Waals surface area contributed by atoms with Gasteiger partial charge in [0.25, 0.3) is 0 Å². The van der Waals surface area contributed by atoms with E-state index in [-0.39, 0.29) is 15.9 Å². The van der Waals surface area contributed by atoms with Gasteiger partial charge in [0.15, 0.2) is 15.6 Å². The fourth-order valence-corrected chi connectivity index (χ4v) is 8.17. The lowest BCUT2D eigenvalue weighted by molar-refractivity contribution is -0.309. The van der Waals surface area contributed by atoms with Gasteiger partial charge in [-0.2, -0.15) is 0 Å². The number of ether oxygens (including phenoxy) is 1. The maximum absolute atomic E-state index is 11.5. The first-order valence-corrected chi connectivity index (χ1v) is 14.9. The summed E-state index contributed by atoms with van der Waals surface area (Å²) >= 11 is 0. The molecule has 0 bridgehead atoms. The van der Waals surface area contributed by atoms with Crippen molar-refractivity contribution in [2.75, 3.05) is 6.61 Å². The summed E-state index contributed by atoms with van der Waals surface area (Å²) in [6.45, 7) is 23.6. The quantitative estimate of drug-likeness (QED) is 0.256. The fraction of sp³-hybridized carbons (Fsp3) is 1.00. The molecule has 0 spiro atoms. The molecule has 2 fully saturated rings. The predicted molar refractivity (Wildman–Crippen MR) is 140 cm³/mol. The summed E-state index contributed by atoms with van der Waals surface area (Å²) < 4.78 is 14.3. The van der Waals surface area contributed by atoms with Gasteiger partial charge in [-0.15, -0.1) is 0 Å². The molecular weight excluding hydrogens is 412 g/mol. The van der Waals surface area contributed by atoms with Gasteiger partial charge >= 0.3 is 0 Å². The average molecular weight is 469 g/mol. The first kappa shape index (κ1) is 28.3. The molecule has 32 heavy (non-hydrogen) atoms.